The van der Waals surface area contributed by atoms with E-state index in [1.807, 2.05) is 0 Å². The minimum absolute atomic E-state index is 1.01. The van der Waals surface area contributed by atoms with Crippen molar-refractivity contribution < 1.29 is 36.2 Å². The van der Waals surface area contributed by atoms with Crippen LogP contribution in [0, 0.1) is 5.41 Å². The van der Waals surface area contributed by atoms with Crippen LogP contribution in [0.25, 0.3) is 0 Å². The molecule has 1 N–H and O–H groups in total. The molecule has 0 aliphatic rings. The molecule has 6 nitrogen and oxygen atoms in total. The van der Waals surface area contributed by atoms with E-state index >= 15 is 0 Å². The number of hydrogen-bond donors (Lipinski definition) is 1. The van der Waals surface area contributed by atoms with Gasteiger partial charge in [-0.3, -0.25) is 4.79 Å². The van der Waals surface area contributed by atoms with Gasteiger partial charge in [0, 0.05) is 0 Å². The Morgan fingerprint density at radius 2 is 1.45 bits per heavy atom. The molecule has 0 spiro atoms. The van der Waals surface area contributed by atoms with Crippen LogP contribution in [0.4, 0.5) is 8.78 Å². The van der Waals surface area contributed by atoms with E-state index < -0.39 is 33.4 Å². The van der Waals surface area contributed by atoms with Gasteiger partial charge in [-0.25, -0.2) is 8.42 Å². The topological polar surface area (TPSA) is 87.9 Å². The van der Waals surface area contributed by atoms with Crippen LogP contribution in [-0.4, -0.2) is 50.4 Å². The molecule has 0 heterocycles. The van der Waals surface area contributed by atoms with Gasteiger partial charge >= 0.3 is 11.2 Å². The average molecular weight is 347 g/mol. The molecule has 9 heteroatoms. The Morgan fingerprint density at radius 1 is 1.09 bits per heavy atom. The number of esters is 1. The average Bonchev–Trinajstić information content (AvgIpc) is 2.36. The smallest absolute Gasteiger partial charge is 0.367 e. The molecule has 0 aromatic heterocycles. The van der Waals surface area contributed by atoms with Crippen LogP contribution in [0.1, 0.15) is 41.5 Å². The first kappa shape index (κ1) is 23.5. The number of hydrogen-bond acceptors (Lipinski definition) is 5. The van der Waals surface area contributed by atoms with Crippen LogP contribution in [0.2, 0.25) is 0 Å². The van der Waals surface area contributed by atoms with E-state index in [0.717, 1.165) is 0 Å². The van der Waals surface area contributed by atoms with Crippen LogP contribution in [0.5, 0.6) is 0 Å². The number of carbonyl (C=O) groups excluding carboxylic acids is 1. The summed E-state index contributed by atoms with van der Waals surface area (Å²) in [5.74, 6) is -1.01. The van der Waals surface area contributed by atoms with Gasteiger partial charge in [-0.15, -0.1) is 0 Å². The molecule has 0 aromatic carbocycles. The number of nitrogens with one attached hydrogen (secondary N) is 1. The number of quaternary nitrogens is 1. The minimum atomic E-state index is -5.80. The van der Waals surface area contributed by atoms with Gasteiger partial charge < -0.3 is 14.2 Å². The molecule has 0 aliphatic heterocycles. The molecule has 0 atom stereocenters. The minimum Gasteiger partial charge on any atom is -0.743 e. The second-order valence-corrected chi connectivity index (χ2v) is 7.23. The molecule has 0 fully saturated rings. The molecule has 0 unspecified atom stereocenters. The molecular formula is C13H27F2NO5S. The van der Waals surface area contributed by atoms with Crippen molar-refractivity contribution in [1.82, 2.24) is 0 Å². The zero-order chi connectivity index (χ0) is 18.2. The summed E-state index contributed by atoms with van der Waals surface area (Å²) in [4.78, 5) is 12.7. The highest BCUT2D eigenvalue weighted by molar-refractivity contribution is 7.86. The Labute approximate surface area is 131 Å². The van der Waals surface area contributed by atoms with Gasteiger partial charge in [-0.2, -0.15) is 8.78 Å². The van der Waals surface area contributed by atoms with Crippen molar-refractivity contribution in [3.8, 4) is 0 Å². The summed E-state index contributed by atoms with van der Waals surface area (Å²) in [5, 5.41) is -4.59. The van der Waals surface area contributed by atoms with Crippen molar-refractivity contribution in [2.75, 3.05) is 26.2 Å². The van der Waals surface area contributed by atoms with Crippen molar-refractivity contribution in [3.63, 3.8) is 0 Å². The monoisotopic (exact) mass is 347 g/mol. The maximum Gasteiger partial charge on any atom is 0.367 e. The SMILES string of the molecule is CC(C)(C)C(=O)OCC(F)(F)S(=O)(=O)[O-].CC[NH+](CC)CC. The number of halogens is 2. The van der Waals surface area contributed by atoms with Crippen LogP contribution in [0.15, 0.2) is 0 Å². The third-order valence-corrected chi connectivity index (χ3v) is 3.70. The van der Waals surface area contributed by atoms with E-state index in [0.29, 0.717) is 0 Å². The summed E-state index contributed by atoms with van der Waals surface area (Å²) in [5.41, 5.74) is -1.04. The summed E-state index contributed by atoms with van der Waals surface area (Å²) >= 11 is 0. The van der Waals surface area contributed by atoms with Crippen LogP contribution in [0.3, 0.4) is 0 Å². The second kappa shape index (κ2) is 9.36. The normalized spacial score (nSPS) is 12.6. The van der Waals surface area contributed by atoms with Crippen LogP contribution in [-0.2, 0) is 19.6 Å². The number of rotatable bonds is 6. The molecule has 0 saturated heterocycles. The molecule has 0 aromatic rings. The Balaban J connectivity index is 0. The van der Waals surface area contributed by atoms with E-state index in [1.165, 1.54) is 40.4 Å². The maximum absolute atomic E-state index is 12.5. The Hall–Kier alpha value is -0.800. The predicted molar refractivity (Wildman–Crippen MR) is 77.6 cm³/mol. The summed E-state index contributed by atoms with van der Waals surface area (Å²) in [6.07, 6.45) is 0. The van der Waals surface area contributed by atoms with Crippen molar-refractivity contribution in [3.05, 3.63) is 0 Å². The lowest BCUT2D eigenvalue weighted by Gasteiger charge is -2.22. The second-order valence-electron chi connectivity index (χ2n) is 5.73. The molecule has 0 radical (unpaired) electrons. The molecule has 22 heavy (non-hydrogen) atoms. The molecule has 0 saturated carbocycles. The highest BCUT2D eigenvalue weighted by atomic mass is 32.2. The summed E-state index contributed by atoms with van der Waals surface area (Å²) in [6, 6.07) is 0. The third-order valence-electron chi connectivity index (χ3n) is 2.85. The molecule has 0 rings (SSSR count). The highest BCUT2D eigenvalue weighted by Gasteiger charge is 2.40. The van der Waals surface area contributed by atoms with Gasteiger partial charge in [-0.05, 0) is 41.5 Å². The molecule has 0 bridgehead atoms. The van der Waals surface area contributed by atoms with E-state index in [9.17, 15) is 26.5 Å². The van der Waals surface area contributed by atoms with Gasteiger partial charge in [0.05, 0.1) is 25.0 Å². The summed E-state index contributed by atoms with van der Waals surface area (Å²) in [7, 11) is -5.80. The van der Waals surface area contributed by atoms with E-state index in [-0.39, 0.29) is 0 Å². The lowest BCUT2D eigenvalue weighted by molar-refractivity contribution is -0.894. The lowest BCUT2D eigenvalue weighted by Crippen LogP contribution is -3.11. The number of ether oxygens (including phenoxy) is 1. The van der Waals surface area contributed by atoms with Gasteiger partial charge in [0.15, 0.2) is 16.7 Å². The van der Waals surface area contributed by atoms with E-state index in [4.69, 9.17) is 0 Å². The van der Waals surface area contributed by atoms with E-state index in [2.05, 4.69) is 25.5 Å². The zero-order valence-electron chi connectivity index (χ0n) is 14.0. The van der Waals surface area contributed by atoms with Gasteiger partial charge in [0.1, 0.15) is 0 Å². The van der Waals surface area contributed by atoms with Crippen LogP contribution < -0.4 is 4.90 Å². The molecule has 0 aliphatic carbocycles. The first-order valence-corrected chi connectivity index (χ1v) is 8.47. The van der Waals surface area contributed by atoms with Crippen LogP contribution >= 0.6 is 0 Å². The molecule has 0 amide bonds. The Morgan fingerprint density at radius 3 is 1.64 bits per heavy atom. The lowest BCUT2D eigenvalue weighted by atomic mass is 9.97. The predicted octanol–water partition coefficient (Wildman–Crippen LogP) is 0.645. The molecule has 134 valence electrons. The van der Waals surface area contributed by atoms with Crippen molar-refractivity contribution in [2.24, 2.45) is 5.41 Å². The van der Waals surface area contributed by atoms with Crippen molar-refractivity contribution in [2.45, 2.75) is 46.8 Å². The van der Waals surface area contributed by atoms with Crippen molar-refractivity contribution in [1.29, 1.82) is 0 Å². The maximum atomic E-state index is 12.5. The fourth-order valence-electron chi connectivity index (χ4n) is 1.19. The summed E-state index contributed by atoms with van der Waals surface area (Å²) < 4.78 is 59.1. The third kappa shape index (κ3) is 9.26. The fraction of sp³-hybridized carbons (Fsp3) is 0.923. The first-order valence-electron chi connectivity index (χ1n) is 7.06. The Kier molecular flexibility index (Phi) is 9.99. The zero-order valence-corrected chi connectivity index (χ0v) is 14.9. The number of alkyl halides is 2. The van der Waals surface area contributed by atoms with Crippen molar-refractivity contribution >= 4 is 16.1 Å². The number of carbonyl (C=O) groups is 1. The summed E-state index contributed by atoms with van der Waals surface area (Å²) in [6.45, 7) is 12.9. The first-order chi connectivity index (χ1) is 9.72. The van der Waals surface area contributed by atoms with Gasteiger partial charge in [-0.1, -0.05) is 0 Å². The fourth-order valence-corrected chi connectivity index (χ4v) is 1.39. The molecular weight excluding hydrogens is 320 g/mol. The highest BCUT2D eigenvalue weighted by Crippen LogP contribution is 2.23. The van der Waals surface area contributed by atoms with Gasteiger partial charge in [0.2, 0.25) is 0 Å². The standard InChI is InChI=1S/C7H12F2O5S.C6H15N/c1-6(2,3)5(10)14-4-7(8,9)15(11,12)13;1-4-7(5-2)6-3/h4H2,1-3H3,(H,11,12,13);4-6H2,1-3H3. The van der Waals surface area contributed by atoms with Gasteiger partial charge in [0.25, 0.3) is 0 Å². The quantitative estimate of drug-likeness (QED) is 0.563. The Bertz CT molecular complexity index is 423. The van der Waals surface area contributed by atoms with E-state index in [1.54, 1.807) is 4.90 Å². The largest absolute Gasteiger partial charge is 0.743 e.